The van der Waals surface area contributed by atoms with E-state index >= 15 is 0 Å². The van der Waals surface area contributed by atoms with Gasteiger partial charge in [-0.3, -0.25) is 0 Å². The molecule has 1 atom stereocenters. The van der Waals surface area contributed by atoms with E-state index < -0.39 is 0 Å². The lowest BCUT2D eigenvalue weighted by atomic mass is 9.79. The number of rotatable bonds is 5. The van der Waals surface area contributed by atoms with Crippen molar-refractivity contribution in [2.24, 2.45) is 16.7 Å². The van der Waals surface area contributed by atoms with Crippen LogP contribution in [0.5, 0.6) is 0 Å². The summed E-state index contributed by atoms with van der Waals surface area (Å²) < 4.78 is 5.60. The highest BCUT2D eigenvalue weighted by Crippen LogP contribution is 2.37. The molecule has 0 aromatic heterocycles. The van der Waals surface area contributed by atoms with Gasteiger partial charge in [-0.25, -0.2) is 0 Å². The zero-order chi connectivity index (χ0) is 14.6. The fourth-order valence-electron chi connectivity index (χ4n) is 3.74. The Morgan fingerprint density at radius 3 is 2.50 bits per heavy atom. The molecule has 0 radical (unpaired) electrons. The van der Waals surface area contributed by atoms with Crippen molar-refractivity contribution in [3.63, 3.8) is 0 Å². The van der Waals surface area contributed by atoms with Gasteiger partial charge in [0.25, 0.3) is 0 Å². The molecule has 2 aliphatic rings. The van der Waals surface area contributed by atoms with Crippen LogP contribution in [0.1, 0.15) is 47.0 Å². The van der Waals surface area contributed by atoms with Crippen molar-refractivity contribution in [3.8, 4) is 0 Å². The molecule has 0 aromatic rings. The maximum absolute atomic E-state index is 5.60. The lowest BCUT2D eigenvalue weighted by Gasteiger charge is -2.40. The molecule has 2 heterocycles. The van der Waals surface area contributed by atoms with Crippen molar-refractivity contribution in [2.45, 2.75) is 47.0 Å². The number of nitrogens with zero attached hydrogens (tertiary/aromatic N) is 1. The van der Waals surface area contributed by atoms with Gasteiger partial charge in [0, 0.05) is 32.8 Å². The number of hydrogen-bond acceptors (Lipinski definition) is 3. The minimum atomic E-state index is 0.445. The van der Waals surface area contributed by atoms with Crippen molar-refractivity contribution >= 4 is 0 Å². The van der Waals surface area contributed by atoms with Gasteiger partial charge in [0.05, 0.1) is 0 Å². The number of hydrogen-bond donors (Lipinski definition) is 1. The van der Waals surface area contributed by atoms with Gasteiger partial charge in [0.1, 0.15) is 0 Å². The summed E-state index contributed by atoms with van der Waals surface area (Å²) in [6.45, 7) is 17.3. The van der Waals surface area contributed by atoms with Gasteiger partial charge in [-0.1, -0.05) is 27.7 Å². The molecule has 3 heteroatoms. The third kappa shape index (κ3) is 4.19. The van der Waals surface area contributed by atoms with Gasteiger partial charge in [-0.15, -0.1) is 0 Å². The van der Waals surface area contributed by atoms with Gasteiger partial charge in [-0.05, 0) is 49.1 Å². The molecule has 0 spiro atoms. The standard InChI is InChI=1S/C17H34N2O/c1-5-18-13-17(7-10-20-11-8-17)14-19-9-6-15(12-19)16(2,3)4/h15,18H,5-14H2,1-4H3. The summed E-state index contributed by atoms with van der Waals surface area (Å²) in [7, 11) is 0. The summed E-state index contributed by atoms with van der Waals surface area (Å²) in [5.74, 6) is 0.860. The highest BCUT2D eigenvalue weighted by atomic mass is 16.5. The van der Waals surface area contributed by atoms with Crippen molar-refractivity contribution in [1.29, 1.82) is 0 Å². The van der Waals surface area contributed by atoms with E-state index in [1.54, 1.807) is 0 Å². The molecule has 1 unspecified atom stereocenters. The summed E-state index contributed by atoms with van der Waals surface area (Å²) in [6, 6.07) is 0. The first-order chi connectivity index (χ1) is 9.45. The second kappa shape index (κ2) is 6.76. The lowest BCUT2D eigenvalue weighted by molar-refractivity contribution is -0.00190. The maximum Gasteiger partial charge on any atom is 0.0472 e. The van der Waals surface area contributed by atoms with Crippen LogP contribution in [0.15, 0.2) is 0 Å². The average molecular weight is 282 g/mol. The van der Waals surface area contributed by atoms with E-state index in [2.05, 4.69) is 37.9 Å². The Morgan fingerprint density at radius 1 is 1.25 bits per heavy atom. The molecule has 2 rings (SSSR count). The quantitative estimate of drug-likeness (QED) is 0.839. The molecule has 2 saturated heterocycles. The zero-order valence-electron chi connectivity index (χ0n) is 14.0. The van der Waals surface area contributed by atoms with Crippen LogP contribution in [0.25, 0.3) is 0 Å². The molecule has 0 amide bonds. The zero-order valence-corrected chi connectivity index (χ0v) is 14.0. The molecule has 0 bridgehead atoms. The Hall–Kier alpha value is -0.120. The molecular weight excluding hydrogens is 248 g/mol. The molecule has 0 saturated carbocycles. The third-order valence-corrected chi connectivity index (χ3v) is 5.36. The molecule has 0 aromatic carbocycles. The molecule has 20 heavy (non-hydrogen) atoms. The summed E-state index contributed by atoms with van der Waals surface area (Å²) >= 11 is 0. The van der Waals surface area contributed by atoms with Gasteiger partial charge in [0.15, 0.2) is 0 Å². The van der Waals surface area contributed by atoms with Gasteiger partial charge < -0.3 is 15.0 Å². The minimum absolute atomic E-state index is 0.445. The van der Waals surface area contributed by atoms with E-state index in [0.717, 1.165) is 32.2 Å². The minimum Gasteiger partial charge on any atom is -0.381 e. The topological polar surface area (TPSA) is 24.5 Å². The fourth-order valence-corrected chi connectivity index (χ4v) is 3.74. The Bertz CT molecular complexity index is 292. The predicted molar refractivity (Wildman–Crippen MR) is 85.0 cm³/mol. The van der Waals surface area contributed by atoms with Crippen molar-refractivity contribution in [2.75, 3.05) is 45.9 Å². The van der Waals surface area contributed by atoms with E-state index in [0.29, 0.717) is 10.8 Å². The summed E-state index contributed by atoms with van der Waals surface area (Å²) in [4.78, 5) is 2.72. The molecule has 0 aliphatic carbocycles. The van der Waals surface area contributed by atoms with Crippen LogP contribution in [-0.4, -0.2) is 50.8 Å². The third-order valence-electron chi connectivity index (χ3n) is 5.36. The average Bonchev–Trinajstić information content (AvgIpc) is 2.86. The van der Waals surface area contributed by atoms with Crippen molar-refractivity contribution in [1.82, 2.24) is 10.2 Å². The number of nitrogens with one attached hydrogen (secondary N) is 1. The normalized spacial score (nSPS) is 27.9. The Morgan fingerprint density at radius 2 is 1.95 bits per heavy atom. The van der Waals surface area contributed by atoms with Crippen LogP contribution in [0.2, 0.25) is 0 Å². The maximum atomic E-state index is 5.60. The van der Waals surface area contributed by atoms with E-state index in [1.165, 1.54) is 38.9 Å². The Balaban J connectivity index is 1.91. The number of likely N-dealkylation sites (tertiary alicyclic amines) is 1. The van der Waals surface area contributed by atoms with Crippen LogP contribution in [0, 0.1) is 16.7 Å². The van der Waals surface area contributed by atoms with Crippen LogP contribution in [-0.2, 0) is 4.74 Å². The van der Waals surface area contributed by atoms with Crippen LogP contribution >= 0.6 is 0 Å². The first-order valence-corrected chi connectivity index (χ1v) is 8.46. The van der Waals surface area contributed by atoms with Gasteiger partial charge in [-0.2, -0.15) is 0 Å². The molecule has 118 valence electrons. The Labute approximate surface area is 125 Å². The van der Waals surface area contributed by atoms with E-state index in [4.69, 9.17) is 4.74 Å². The first kappa shape index (κ1) is 16.3. The molecule has 2 aliphatic heterocycles. The summed E-state index contributed by atoms with van der Waals surface area (Å²) in [5.41, 5.74) is 0.903. The lowest BCUT2D eigenvalue weighted by Crippen LogP contribution is -2.47. The predicted octanol–water partition coefficient (Wildman–Crippen LogP) is 2.76. The second-order valence-corrected chi connectivity index (χ2v) is 7.98. The van der Waals surface area contributed by atoms with Gasteiger partial charge >= 0.3 is 0 Å². The molecule has 1 N–H and O–H groups in total. The smallest absolute Gasteiger partial charge is 0.0472 e. The van der Waals surface area contributed by atoms with E-state index in [-0.39, 0.29) is 0 Å². The van der Waals surface area contributed by atoms with Crippen LogP contribution in [0.4, 0.5) is 0 Å². The van der Waals surface area contributed by atoms with Gasteiger partial charge in [0.2, 0.25) is 0 Å². The fraction of sp³-hybridized carbons (Fsp3) is 1.00. The summed E-state index contributed by atoms with van der Waals surface area (Å²) in [6.07, 6.45) is 3.81. The molecule has 2 fully saturated rings. The molecule has 3 nitrogen and oxygen atoms in total. The monoisotopic (exact) mass is 282 g/mol. The highest BCUT2D eigenvalue weighted by molar-refractivity contribution is 4.91. The van der Waals surface area contributed by atoms with Crippen LogP contribution < -0.4 is 5.32 Å². The van der Waals surface area contributed by atoms with E-state index in [1.807, 2.05) is 0 Å². The second-order valence-electron chi connectivity index (χ2n) is 7.98. The van der Waals surface area contributed by atoms with E-state index in [9.17, 15) is 0 Å². The van der Waals surface area contributed by atoms with Crippen molar-refractivity contribution in [3.05, 3.63) is 0 Å². The first-order valence-electron chi connectivity index (χ1n) is 8.46. The molecular formula is C17H34N2O. The highest BCUT2D eigenvalue weighted by Gasteiger charge is 2.38. The summed E-state index contributed by atoms with van der Waals surface area (Å²) in [5, 5.41) is 3.59. The number of ether oxygens (including phenoxy) is 1. The van der Waals surface area contributed by atoms with Crippen LogP contribution in [0.3, 0.4) is 0 Å². The SMILES string of the molecule is CCNCC1(CN2CCC(C(C)(C)C)C2)CCOCC1. The van der Waals surface area contributed by atoms with Crippen molar-refractivity contribution < 1.29 is 4.74 Å². The largest absolute Gasteiger partial charge is 0.381 e. The Kier molecular flexibility index (Phi) is 5.49.